The van der Waals surface area contributed by atoms with Crippen LogP contribution in [0.25, 0.3) is 11.8 Å². The highest BCUT2D eigenvalue weighted by atomic mass is 19.2. The SMILES string of the molecule is COc1cc(/C=C2/CCCN3C2=NOC3(c2cc(F)c(F)c(F)c2)C(C)O)ccc1-n1cnc(C)c1. The Hall–Kier alpha value is -3.79. The number of ether oxygens (including phenoxy) is 1. The highest BCUT2D eigenvalue weighted by Crippen LogP contribution is 2.43. The number of benzene rings is 2. The van der Waals surface area contributed by atoms with Gasteiger partial charge in [-0.05, 0) is 68.2 Å². The number of piperidine rings is 1. The molecule has 1 N–H and O–H groups in total. The number of hydrogen-bond donors (Lipinski definition) is 1. The summed E-state index contributed by atoms with van der Waals surface area (Å²) in [6.45, 7) is 3.77. The molecule has 7 nitrogen and oxygen atoms in total. The number of hydrogen-bond acceptors (Lipinski definition) is 6. The molecule has 1 aromatic heterocycles. The fraction of sp³-hybridized carbons (Fsp3) is 0.308. The van der Waals surface area contributed by atoms with Gasteiger partial charge in [0.05, 0.1) is 24.8 Å². The van der Waals surface area contributed by atoms with Gasteiger partial charge in [-0.1, -0.05) is 11.2 Å². The van der Waals surface area contributed by atoms with Gasteiger partial charge in [0.15, 0.2) is 23.3 Å². The summed E-state index contributed by atoms with van der Waals surface area (Å²) in [7, 11) is 1.59. The van der Waals surface area contributed by atoms with Crippen molar-refractivity contribution >= 4 is 11.9 Å². The molecule has 0 spiro atoms. The van der Waals surface area contributed by atoms with E-state index in [1.165, 1.54) is 6.92 Å². The summed E-state index contributed by atoms with van der Waals surface area (Å²) in [6, 6.07) is 7.41. The van der Waals surface area contributed by atoms with Crippen LogP contribution < -0.4 is 4.74 Å². The number of imidazole rings is 1. The second-order valence-electron chi connectivity index (χ2n) is 8.91. The van der Waals surface area contributed by atoms with Gasteiger partial charge in [-0.15, -0.1) is 0 Å². The van der Waals surface area contributed by atoms with Crippen molar-refractivity contribution in [1.82, 2.24) is 14.5 Å². The number of rotatable bonds is 5. The minimum Gasteiger partial charge on any atom is -0.495 e. The van der Waals surface area contributed by atoms with E-state index in [1.54, 1.807) is 18.3 Å². The van der Waals surface area contributed by atoms with Crippen molar-refractivity contribution in [2.75, 3.05) is 13.7 Å². The number of aliphatic hydroxyl groups is 1. The summed E-state index contributed by atoms with van der Waals surface area (Å²) < 4.78 is 49.3. The number of aromatic nitrogens is 2. The molecule has 1 fully saturated rings. The molecule has 2 unspecified atom stereocenters. The molecule has 10 heteroatoms. The average molecular weight is 499 g/mol. The van der Waals surface area contributed by atoms with Crippen molar-refractivity contribution in [1.29, 1.82) is 0 Å². The highest BCUT2D eigenvalue weighted by Gasteiger charge is 2.53. The largest absolute Gasteiger partial charge is 0.495 e. The van der Waals surface area contributed by atoms with Gasteiger partial charge in [-0.2, -0.15) is 0 Å². The summed E-state index contributed by atoms with van der Waals surface area (Å²) in [5, 5.41) is 14.9. The van der Waals surface area contributed by atoms with E-state index >= 15 is 0 Å². The Labute approximate surface area is 206 Å². The fourth-order valence-electron chi connectivity index (χ4n) is 4.81. The summed E-state index contributed by atoms with van der Waals surface area (Å²) in [5.74, 6) is -3.22. The molecule has 0 amide bonds. The average Bonchev–Trinajstić information content (AvgIpc) is 3.47. The van der Waals surface area contributed by atoms with Crippen LogP contribution in [0, 0.1) is 24.4 Å². The number of fused-ring (bicyclic) bond motifs is 1. The van der Waals surface area contributed by atoms with Crippen LogP contribution in [0.5, 0.6) is 5.75 Å². The van der Waals surface area contributed by atoms with Crippen LogP contribution >= 0.6 is 0 Å². The van der Waals surface area contributed by atoms with E-state index in [0.717, 1.165) is 34.7 Å². The molecule has 5 rings (SSSR count). The molecule has 2 aromatic carbocycles. The third-order valence-electron chi connectivity index (χ3n) is 6.54. The first kappa shape index (κ1) is 23.9. The molecular formula is C26H25F3N4O3. The Morgan fingerprint density at radius 3 is 2.58 bits per heavy atom. The number of halogens is 3. The second kappa shape index (κ2) is 9.02. The Morgan fingerprint density at radius 1 is 1.19 bits per heavy atom. The van der Waals surface area contributed by atoms with Gasteiger partial charge in [0.2, 0.25) is 0 Å². The molecule has 2 aliphatic heterocycles. The standard InChI is InChI=1S/C26H25F3N4O3/c1-15-13-32(14-30-15)22-7-6-17(10-23(22)35-3)9-18-5-4-8-33-25(18)31-36-26(33,16(2)34)19-11-20(27)24(29)21(28)12-19/h6-7,9-14,16,34H,4-5,8H2,1-3H3/b18-9-. The molecule has 3 heterocycles. The van der Waals surface area contributed by atoms with Gasteiger partial charge in [-0.25, -0.2) is 18.2 Å². The van der Waals surface area contributed by atoms with Crippen molar-refractivity contribution in [2.45, 2.75) is 38.5 Å². The van der Waals surface area contributed by atoms with Crippen molar-refractivity contribution in [3.05, 3.63) is 82.7 Å². The first-order valence-electron chi connectivity index (χ1n) is 11.5. The van der Waals surface area contributed by atoms with E-state index in [0.29, 0.717) is 31.0 Å². The predicted octanol–water partition coefficient (Wildman–Crippen LogP) is 4.66. The zero-order chi connectivity index (χ0) is 25.6. The van der Waals surface area contributed by atoms with Crippen LogP contribution in [-0.2, 0) is 10.6 Å². The smallest absolute Gasteiger partial charge is 0.263 e. The van der Waals surface area contributed by atoms with Crippen LogP contribution in [0.4, 0.5) is 13.2 Å². The molecule has 36 heavy (non-hydrogen) atoms. The van der Waals surface area contributed by atoms with Crippen LogP contribution in [0.3, 0.4) is 0 Å². The van der Waals surface area contributed by atoms with Crippen LogP contribution in [0.1, 0.15) is 36.6 Å². The van der Waals surface area contributed by atoms with E-state index in [4.69, 9.17) is 9.57 Å². The molecule has 188 valence electrons. The maximum atomic E-state index is 14.1. The van der Waals surface area contributed by atoms with Crippen molar-refractivity contribution in [3.63, 3.8) is 0 Å². The van der Waals surface area contributed by atoms with Gasteiger partial charge in [-0.3, -0.25) is 0 Å². The summed E-state index contributed by atoms with van der Waals surface area (Å²) in [6.07, 6.45) is 5.66. The van der Waals surface area contributed by atoms with E-state index in [1.807, 2.05) is 42.0 Å². The minimum absolute atomic E-state index is 0.0597. The molecule has 0 radical (unpaired) electrons. The first-order valence-corrected chi connectivity index (χ1v) is 11.5. The molecule has 0 saturated carbocycles. The molecule has 3 aromatic rings. The Bertz CT molecular complexity index is 1360. The fourth-order valence-corrected chi connectivity index (χ4v) is 4.81. The lowest BCUT2D eigenvalue weighted by atomic mass is 9.91. The lowest BCUT2D eigenvalue weighted by Gasteiger charge is -2.41. The summed E-state index contributed by atoms with van der Waals surface area (Å²) in [4.78, 5) is 11.7. The quantitative estimate of drug-likeness (QED) is 0.518. The number of aliphatic hydroxyl groups excluding tert-OH is 1. The molecule has 0 aliphatic carbocycles. The predicted molar refractivity (Wildman–Crippen MR) is 127 cm³/mol. The topological polar surface area (TPSA) is 72.1 Å². The number of aryl methyl sites for hydroxylation is 1. The number of amidine groups is 1. The van der Waals surface area contributed by atoms with E-state index in [9.17, 15) is 18.3 Å². The third-order valence-corrected chi connectivity index (χ3v) is 6.54. The molecule has 1 saturated heterocycles. The number of methoxy groups -OCH3 is 1. The van der Waals surface area contributed by atoms with Gasteiger partial charge in [0.25, 0.3) is 5.72 Å². The maximum Gasteiger partial charge on any atom is 0.263 e. The highest BCUT2D eigenvalue weighted by molar-refractivity contribution is 6.03. The van der Waals surface area contributed by atoms with E-state index in [2.05, 4.69) is 10.1 Å². The van der Waals surface area contributed by atoms with Gasteiger partial charge < -0.3 is 24.1 Å². The van der Waals surface area contributed by atoms with Crippen molar-refractivity contribution in [3.8, 4) is 11.4 Å². The third kappa shape index (κ3) is 3.81. The van der Waals surface area contributed by atoms with E-state index < -0.39 is 29.3 Å². The van der Waals surface area contributed by atoms with Crippen molar-refractivity contribution in [2.24, 2.45) is 5.16 Å². The van der Waals surface area contributed by atoms with E-state index in [-0.39, 0.29) is 5.56 Å². The zero-order valence-corrected chi connectivity index (χ0v) is 20.0. The Morgan fingerprint density at radius 2 is 1.94 bits per heavy atom. The second-order valence-corrected chi connectivity index (χ2v) is 8.91. The molecular weight excluding hydrogens is 473 g/mol. The number of nitrogens with zero attached hydrogens (tertiary/aromatic N) is 4. The van der Waals surface area contributed by atoms with Crippen LogP contribution in [0.15, 0.2) is 53.6 Å². The first-order chi connectivity index (χ1) is 17.2. The monoisotopic (exact) mass is 498 g/mol. The van der Waals surface area contributed by atoms with Gasteiger partial charge >= 0.3 is 0 Å². The Kier molecular flexibility index (Phi) is 5.99. The number of oxime groups is 1. The van der Waals surface area contributed by atoms with Crippen LogP contribution in [-0.4, -0.2) is 45.2 Å². The Balaban J connectivity index is 1.51. The van der Waals surface area contributed by atoms with Crippen molar-refractivity contribution < 1.29 is 27.9 Å². The zero-order valence-electron chi connectivity index (χ0n) is 20.0. The van der Waals surface area contributed by atoms with Crippen LogP contribution in [0.2, 0.25) is 0 Å². The molecule has 2 atom stereocenters. The molecule has 0 bridgehead atoms. The lowest BCUT2D eigenvalue weighted by Crippen LogP contribution is -2.55. The summed E-state index contributed by atoms with van der Waals surface area (Å²) >= 11 is 0. The normalized spacial score (nSPS) is 21.2. The molecule has 2 aliphatic rings. The van der Waals surface area contributed by atoms with Gasteiger partial charge in [0.1, 0.15) is 11.9 Å². The lowest BCUT2D eigenvalue weighted by molar-refractivity contribution is -0.173. The minimum atomic E-state index is -1.69. The van der Waals surface area contributed by atoms with Gasteiger partial charge in [0, 0.05) is 18.3 Å². The maximum absolute atomic E-state index is 14.1. The summed E-state index contributed by atoms with van der Waals surface area (Å²) in [5.41, 5.74) is 1.63.